The minimum atomic E-state index is -0.694. The van der Waals surface area contributed by atoms with E-state index in [1.807, 2.05) is 49.4 Å². The van der Waals surface area contributed by atoms with Crippen molar-refractivity contribution >= 4 is 33.3 Å². The zero-order chi connectivity index (χ0) is 19.7. The molecule has 0 unspecified atom stereocenters. The molecule has 0 radical (unpaired) electrons. The molecule has 3 aromatic heterocycles. The lowest BCUT2D eigenvalue weighted by Gasteiger charge is -2.18. The van der Waals surface area contributed by atoms with Crippen molar-refractivity contribution in [2.75, 3.05) is 5.32 Å². The van der Waals surface area contributed by atoms with Gasteiger partial charge in [0.2, 0.25) is 5.91 Å². The summed E-state index contributed by atoms with van der Waals surface area (Å²) < 4.78 is 0. The summed E-state index contributed by atoms with van der Waals surface area (Å²) in [5.74, 6) is 0.685. The molecule has 4 rings (SSSR count). The van der Waals surface area contributed by atoms with Crippen LogP contribution >= 0.6 is 11.3 Å². The molecule has 4 aromatic rings. The van der Waals surface area contributed by atoms with Crippen molar-refractivity contribution in [2.24, 2.45) is 5.73 Å². The lowest BCUT2D eigenvalue weighted by atomic mass is 10.1. The molecule has 140 valence electrons. The van der Waals surface area contributed by atoms with Crippen LogP contribution in [0.2, 0.25) is 0 Å². The second-order valence-corrected chi connectivity index (χ2v) is 7.69. The Balaban J connectivity index is 1.88. The van der Waals surface area contributed by atoms with Gasteiger partial charge in [-0.05, 0) is 37.1 Å². The smallest absolute Gasteiger partial charge is 0.244 e. The van der Waals surface area contributed by atoms with E-state index in [0.717, 1.165) is 31.8 Å². The number of fused-ring (bicyclic) bond motifs is 1. The zero-order valence-corrected chi connectivity index (χ0v) is 16.3. The highest BCUT2D eigenvalue weighted by Gasteiger charge is 2.22. The number of nitrogens with one attached hydrogen (secondary N) is 1. The molecule has 3 heterocycles. The molecule has 1 amide bonds. The average molecular weight is 389 g/mol. The second kappa shape index (κ2) is 7.36. The normalized spacial score (nSPS) is 12.1. The number of carbonyl (C=O) groups is 1. The Morgan fingerprint density at radius 1 is 1.11 bits per heavy atom. The van der Waals surface area contributed by atoms with Gasteiger partial charge in [0.15, 0.2) is 5.82 Å². The van der Waals surface area contributed by atoms with Crippen LogP contribution in [0.5, 0.6) is 0 Å². The molecule has 6 nitrogen and oxygen atoms in total. The van der Waals surface area contributed by atoms with Gasteiger partial charge in [-0.1, -0.05) is 30.3 Å². The number of thiophene rings is 1. The number of amides is 1. The van der Waals surface area contributed by atoms with Crippen molar-refractivity contribution < 1.29 is 4.79 Å². The summed E-state index contributed by atoms with van der Waals surface area (Å²) in [6, 6.07) is 12.5. The van der Waals surface area contributed by atoms with Crippen molar-refractivity contribution in [3.63, 3.8) is 0 Å². The summed E-state index contributed by atoms with van der Waals surface area (Å²) in [7, 11) is 0. The highest BCUT2D eigenvalue weighted by molar-refractivity contribution is 7.18. The maximum atomic E-state index is 12.2. The Labute approximate surface area is 166 Å². The van der Waals surface area contributed by atoms with Crippen LogP contribution in [0.1, 0.15) is 22.0 Å². The van der Waals surface area contributed by atoms with E-state index in [1.165, 1.54) is 0 Å². The van der Waals surface area contributed by atoms with Crippen molar-refractivity contribution in [3.8, 4) is 11.4 Å². The van der Waals surface area contributed by atoms with Crippen molar-refractivity contribution in [2.45, 2.75) is 19.9 Å². The van der Waals surface area contributed by atoms with Gasteiger partial charge in [-0.15, -0.1) is 11.3 Å². The van der Waals surface area contributed by atoms with Crippen LogP contribution < -0.4 is 11.1 Å². The van der Waals surface area contributed by atoms with Crippen LogP contribution in [-0.4, -0.2) is 20.9 Å². The molecular formula is C21H19N5OS. The lowest BCUT2D eigenvalue weighted by molar-refractivity contribution is -0.118. The first kappa shape index (κ1) is 18.1. The molecule has 1 atom stereocenters. The number of primary amides is 1. The highest BCUT2D eigenvalue weighted by atomic mass is 32.1. The molecular weight excluding hydrogens is 370 g/mol. The van der Waals surface area contributed by atoms with Crippen LogP contribution in [0.3, 0.4) is 0 Å². The van der Waals surface area contributed by atoms with E-state index in [1.54, 1.807) is 23.7 Å². The predicted molar refractivity (Wildman–Crippen MR) is 112 cm³/mol. The Hall–Kier alpha value is -3.32. The Kier molecular flexibility index (Phi) is 4.75. The van der Waals surface area contributed by atoms with Gasteiger partial charge in [-0.25, -0.2) is 9.97 Å². The highest BCUT2D eigenvalue weighted by Crippen LogP contribution is 2.36. The van der Waals surface area contributed by atoms with Gasteiger partial charge in [0.1, 0.15) is 16.7 Å². The van der Waals surface area contributed by atoms with E-state index in [9.17, 15) is 4.79 Å². The van der Waals surface area contributed by atoms with Crippen molar-refractivity contribution in [1.82, 2.24) is 15.0 Å². The van der Waals surface area contributed by atoms with Gasteiger partial charge >= 0.3 is 0 Å². The van der Waals surface area contributed by atoms with E-state index >= 15 is 0 Å². The molecule has 3 N–H and O–H groups in total. The number of nitrogens with two attached hydrogens (primary N) is 1. The summed E-state index contributed by atoms with van der Waals surface area (Å²) in [5, 5.41) is 4.18. The second-order valence-electron chi connectivity index (χ2n) is 6.49. The number of hydrogen-bond donors (Lipinski definition) is 2. The van der Waals surface area contributed by atoms with E-state index in [-0.39, 0.29) is 0 Å². The predicted octanol–water partition coefficient (Wildman–Crippen LogP) is 4.01. The quantitative estimate of drug-likeness (QED) is 0.538. The van der Waals surface area contributed by atoms with Crippen LogP contribution in [0.25, 0.3) is 21.6 Å². The molecule has 0 aliphatic carbocycles. The lowest BCUT2D eigenvalue weighted by Crippen LogP contribution is -2.28. The molecule has 0 fully saturated rings. The molecule has 28 heavy (non-hydrogen) atoms. The standard InChI is InChI=1S/C21H19N5OS/c1-12-13(2)28-21-16(12)20(25-19(26-21)15-9-6-10-23-11-15)24-17(18(22)27)14-7-4-3-5-8-14/h3-11,17H,1-2H3,(H2,22,27)(H,24,25,26)/t17-/m1/s1. The zero-order valence-electron chi connectivity index (χ0n) is 15.5. The van der Waals surface area contributed by atoms with Gasteiger partial charge in [-0.2, -0.15) is 0 Å². The van der Waals surface area contributed by atoms with Crippen LogP contribution in [0.4, 0.5) is 5.82 Å². The number of hydrogen-bond acceptors (Lipinski definition) is 6. The molecule has 0 bridgehead atoms. The number of benzene rings is 1. The minimum absolute atomic E-state index is 0.467. The molecule has 0 aliphatic heterocycles. The third-order valence-electron chi connectivity index (χ3n) is 4.65. The van der Waals surface area contributed by atoms with E-state index < -0.39 is 11.9 Å². The number of pyridine rings is 1. The Bertz CT molecular complexity index is 1140. The number of carbonyl (C=O) groups excluding carboxylic acids is 1. The third-order valence-corrected chi connectivity index (χ3v) is 5.75. The molecule has 0 aliphatic rings. The fraction of sp³-hybridized carbons (Fsp3) is 0.143. The SMILES string of the molecule is Cc1sc2nc(-c3cccnc3)nc(N[C@@H](C(N)=O)c3ccccc3)c2c1C. The Morgan fingerprint density at radius 3 is 2.57 bits per heavy atom. The van der Waals surface area contributed by atoms with Crippen molar-refractivity contribution in [1.29, 1.82) is 0 Å². The maximum Gasteiger partial charge on any atom is 0.244 e. The molecule has 0 saturated heterocycles. The van der Waals surface area contributed by atoms with Gasteiger partial charge in [0.25, 0.3) is 0 Å². The van der Waals surface area contributed by atoms with Gasteiger partial charge in [-0.3, -0.25) is 9.78 Å². The topological polar surface area (TPSA) is 93.8 Å². The fourth-order valence-electron chi connectivity index (χ4n) is 3.08. The molecule has 1 aromatic carbocycles. The molecule has 7 heteroatoms. The van der Waals surface area contributed by atoms with Crippen LogP contribution in [0.15, 0.2) is 54.9 Å². The first-order valence-corrected chi connectivity index (χ1v) is 9.65. The van der Waals surface area contributed by atoms with Gasteiger partial charge in [0, 0.05) is 22.8 Å². The number of aromatic nitrogens is 3. The Morgan fingerprint density at radius 2 is 1.89 bits per heavy atom. The summed E-state index contributed by atoms with van der Waals surface area (Å²) >= 11 is 1.61. The van der Waals surface area contributed by atoms with E-state index in [0.29, 0.717) is 11.6 Å². The summed E-state index contributed by atoms with van der Waals surface area (Å²) in [6.45, 7) is 4.09. The monoisotopic (exact) mass is 389 g/mol. The minimum Gasteiger partial charge on any atom is -0.368 e. The number of aryl methyl sites for hydroxylation is 2. The van der Waals surface area contributed by atoms with Gasteiger partial charge < -0.3 is 11.1 Å². The van der Waals surface area contributed by atoms with Gasteiger partial charge in [0.05, 0.1) is 5.39 Å². The number of nitrogens with zero attached hydrogens (tertiary/aromatic N) is 3. The van der Waals surface area contributed by atoms with Crippen LogP contribution in [0, 0.1) is 13.8 Å². The van der Waals surface area contributed by atoms with E-state index in [2.05, 4.69) is 17.2 Å². The van der Waals surface area contributed by atoms with E-state index in [4.69, 9.17) is 15.7 Å². The fourth-order valence-corrected chi connectivity index (χ4v) is 4.11. The van der Waals surface area contributed by atoms with Crippen LogP contribution in [-0.2, 0) is 4.79 Å². The first-order chi connectivity index (χ1) is 13.5. The molecule has 0 spiro atoms. The number of anilines is 1. The van der Waals surface area contributed by atoms with Crippen molar-refractivity contribution in [3.05, 3.63) is 70.9 Å². The summed E-state index contributed by atoms with van der Waals surface area (Å²) in [4.78, 5) is 27.8. The first-order valence-electron chi connectivity index (χ1n) is 8.83. The number of rotatable bonds is 5. The largest absolute Gasteiger partial charge is 0.368 e. The summed E-state index contributed by atoms with van der Waals surface area (Å²) in [6.07, 6.45) is 3.43. The average Bonchev–Trinajstić information content (AvgIpc) is 3.01. The summed E-state index contributed by atoms with van der Waals surface area (Å²) in [5.41, 5.74) is 8.39. The third kappa shape index (κ3) is 3.32. The molecule has 0 saturated carbocycles. The maximum absolute atomic E-state index is 12.2.